The molecule has 13 N–H and O–H groups in total. The molecule has 0 heterocycles. The van der Waals surface area contributed by atoms with Crippen molar-refractivity contribution in [2.75, 3.05) is 6.61 Å². The normalized spacial score (nSPS) is 4.85. The molecular weight excluding hydrogens is 301 g/mol. The summed E-state index contributed by atoms with van der Waals surface area (Å²) in [5.41, 5.74) is 0. The molecule has 0 atom stereocenters. The van der Waals surface area contributed by atoms with Gasteiger partial charge in [0.1, 0.15) is 0 Å². The van der Waals surface area contributed by atoms with Gasteiger partial charge in [-0.3, -0.25) is 0 Å². The minimum atomic E-state index is -1.19. The number of rotatable bonds is 0. The molecule has 0 aliphatic carbocycles. The van der Waals surface area contributed by atoms with Gasteiger partial charge in [-0.2, -0.15) is 0 Å². The van der Waals surface area contributed by atoms with E-state index in [0.29, 0.717) is 0 Å². The average Bonchev–Trinajstić information content (AvgIpc) is 1.33. The van der Waals surface area contributed by atoms with E-state index in [1.807, 2.05) is 0 Å². The van der Waals surface area contributed by atoms with Crippen LogP contribution in [-0.2, 0) is 10.9 Å². The van der Waals surface area contributed by atoms with Crippen molar-refractivity contribution in [1.29, 1.82) is 0 Å². The second-order valence-electron chi connectivity index (χ2n) is 0.459. The summed E-state index contributed by atoms with van der Waals surface area (Å²) in [5.74, 6) is 0. The average molecular weight is 319 g/mol. The van der Waals surface area contributed by atoms with Crippen LogP contribution in [0.4, 0.5) is 0 Å². The Kier molecular flexibility index (Phi) is 369. The summed E-state index contributed by atoms with van der Waals surface area (Å²) in [7, 11) is 13.4. The molecule has 0 aliphatic rings. The van der Waals surface area contributed by atoms with Crippen LogP contribution >= 0.6 is 30.4 Å². The fourth-order valence-electron chi connectivity index (χ4n) is 0. The SMILES string of the molecule is CCO.O.O.O.O.O.O.[Cl][Co]([Cl])[Cl]. The quantitative estimate of drug-likeness (QED) is 0.489. The van der Waals surface area contributed by atoms with Crippen LogP contribution in [0, 0.1) is 0 Å². The van der Waals surface area contributed by atoms with E-state index in [1.165, 1.54) is 0 Å². The predicted molar refractivity (Wildman–Crippen MR) is 52.0 cm³/mol. The van der Waals surface area contributed by atoms with Gasteiger partial charge in [0.05, 0.1) is 0 Å². The van der Waals surface area contributed by atoms with Crippen molar-refractivity contribution in [3.05, 3.63) is 0 Å². The maximum absolute atomic E-state index is 7.57. The molecule has 0 unspecified atom stereocenters. The zero-order valence-corrected chi connectivity index (χ0v) is 9.93. The Balaban J connectivity index is -0.00000000444. The monoisotopic (exact) mass is 318 g/mol. The molecule has 0 aromatic carbocycles. The standard InChI is InChI=1S/C2H6O.3ClH.Co.6H2O/c1-2-3;;;;;;;;;;/h3H,2H2,1H3;3*1H;;6*1H2/q;;;;+3;;;;;;/p-3. The second kappa shape index (κ2) is 73.8. The Morgan fingerprint density at radius 3 is 0.846 bits per heavy atom. The van der Waals surface area contributed by atoms with Gasteiger partial charge < -0.3 is 38.0 Å². The van der Waals surface area contributed by atoms with E-state index in [2.05, 4.69) is 0 Å². The second-order valence-corrected chi connectivity index (χ2v) is 5.62. The molecule has 0 aromatic heterocycles. The van der Waals surface area contributed by atoms with Crippen LogP contribution in [0.2, 0.25) is 0 Å². The molecule has 0 spiro atoms. The maximum atomic E-state index is 7.57. The van der Waals surface area contributed by atoms with Crippen LogP contribution in [0.1, 0.15) is 6.92 Å². The van der Waals surface area contributed by atoms with Gasteiger partial charge in [0.15, 0.2) is 0 Å². The van der Waals surface area contributed by atoms with Gasteiger partial charge in [-0.25, -0.2) is 0 Å². The summed E-state index contributed by atoms with van der Waals surface area (Å²) in [6.45, 7) is 1.93. The molecule has 98 valence electrons. The van der Waals surface area contributed by atoms with Crippen LogP contribution < -0.4 is 0 Å². The Hall–Kier alpha value is 1.10. The van der Waals surface area contributed by atoms with Gasteiger partial charge in [-0.05, 0) is 6.92 Å². The Morgan fingerprint density at radius 2 is 0.846 bits per heavy atom. The van der Waals surface area contributed by atoms with Gasteiger partial charge in [-0.15, -0.1) is 0 Å². The van der Waals surface area contributed by atoms with Crippen LogP contribution in [0.25, 0.3) is 0 Å². The van der Waals surface area contributed by atoms with E-state index in [9.17, 15) is 0 Å². The van der Waals surface area contributed by atoms with Gasteiger partial charge in [-0.1, -0.05) is 0 Å². The van der Waals surface area contributed by atoms with Crippen LogP contribution in [0.5, 0.6) is 0 Å². The summed E-state index contributed by atoms with van der Waals surface area (Å²) in [5, 5.41) is 7.57. The molecule has 0 saturated heterocycles. The van der Waals surface area contributed by atoms with E-state index in [-0.39, 0.29) is 39.5 Å². The third kappa shape index (κ3) is 1340. The molecule has 0 fully saturated rings. The first-order chi connectivity index (χ1) is 3.15. The van der Waals surface area contributed by atoms with Crippen molar-refractivity contribution < 1.29 is 48.9 Å². The number of aliphatic hydroxyl groups excluding tert-OH is 1. The zero-order valence-electron chi connectivity index (χ0n) is 6.62. The zero-order chi connectivity index (χ0) is 6.28. The van der Waals surface area contributed by atoms with Gasteiger partial charge >= 0.3 is 41.4 Å². The molecule has 0 saturated carbocycles. The first-order valence-corrected chi connectivity index (χ1v) is 5.70. The van der Waals surface area contributed by atoms with E-state index in [4.69, 9.17) is 35.5 Å². The van der Waals surface area contributed by atoms with Gasteiger partial charge in [0.25, 0.3) is 0 Å². The Bertz CT molecular complexity index is 32.9. The first-order valence-electron chi connectivity index (χ1n) is 1.40. The summed E-state index contributed by atoms with van der Waals surface area (Å²) in [6, 6.07) is 0. The topological polar surface area (TPSA) is 209 Å². The van der Waals surface area contributed by atoms with E-state index in [0.717, 1.165) is 0 Å². The van der Waals surface area contributed by atoms with Crippen molar-refractivity contribution in [3.8, 4) is 0 Å². The number of aliphatic hydroxyl groups is 1. The molecule has 7 nitrogen and oxygen atoms in total. The first kappa shape index (κ1) is 65.1. The van der Waals surface area contributed by atoms with Crippen LogP contribution in [0.15, 0.2) is 0 Å². The number of hydrogen-bond donors (Lipinski definition) is 1. The molecule has 0 rings (SSSR count). The van der Waals surface area contributed by atoms with E-state index < -0.39 is 10.9 Å². The minimum absolute atomic E-state index is 0. The molecule has 0 aliphatic heterocycles. The number of hydrogen-bond acceptors (Lipinski definition) is 1. The third-order valence-corrected chi connectivity index (χ3v) is 0. The molecule has 11 heteroatoms. The van der Waals surface area contributed by atoms with Crippen LogP contribution in [0.3, 0.4) is 0 Å². The molecular formula is C2H18Cl3CoO7. The fraction of sp³-hybridized carbons (Fsp3) is 1.00. The van der Waals surface area contributed by atoms with Gasteiger partial charge in [0.2, 0.25) is 0 Å². The van der Waals surface area contributed by atoms with Crippen molar-refractivity contribution in [1.82, 2.24) is 0 Å². The van der Waals surface area contributed by atoms with Crippen molar-refractivity contribution in [2.24, 2.45) is 0 Å². The van der Waals surface area contributed by atoms with E-state index in [1.54, 1.807) is 6.92 Å². The molecule has 0 amide bonds. The number of halogens is 3. The van der Waals surface area contributed by atoms with Crippen molar-refractivity contribution in [2.45, 2.75) is 6.92 Å². The predicted octanol–water partition coefficient (Wildman–Crippen LogP) is -2.88. The van der Waals surface area contributed by atoms with Crippen molar-refractivity contribution >= 4 is 30.4 Å². The Morgan fingerprint density at radius 1 is 0.846 bits per heavy atom. The fourth-order valence-corrected chi connectivity index (χ4v) is 0. The summed E-state index contributed by atoms with van der Waals surface area (Å²) in [4.78, 5) is 0. The Labute approximate surface area is 93.0 Å². The summed E-state index contributed by atoms with van der Waals surface area (Å²) in [6.07, 6.45) is 0. The molecule has 0 aromatic rings. The summed E-state index contributed by atoms with van der Waals surface area (Å²) >= 11 is 0. The van der Waals surface area contributed by atoms with Crippen molar-refractivity contribution in [3.63, 3.8) is 0 Å². The molecule has 13 heavy (non-hydrogen) atoms. The molecule has 0 radical (unpaired) electrons. The summed E-state index contributed by atoms with van der Waals surface area (Å²) < 4.78 is 0. The van der Waals surface area contributed by atoms with E-state index >= 15 is 0 Å². The molecule has 0 bridgehead atoms. The van der Waals surface area contributed by atoms with Gasteiger partial charge in [0, 0.05) is 6.61 Å². The van der Waals surface area contributed by atoms with Crippen LogP contribution in [-0.4, -0.2) is 44.6 Å². The third-order valence-electron chi connectivity index (χ3n) is 0.